The third-order valence-corrected chi connectivity index (χ3v) is 5.75. The molecular weight excluding hydrogens is 322 g/mol. The molecule has 1 aromatic carbocycles. The highest BCUT2D eigenvalue weighted by Crippen LogP contribution is 2.28. The van der Waals surface area contributed by atoms with Gasteiger partial charge in [0.15, 0.2) is 0 Å². The van der Waals surface area contributed by atoms with E-state index in [1.54, 1.807) is 13.3 Å². The van der Waals surface area contributed by atoms with Crippen LogP contribution in [0.15, 0.2) is 36.7 Å². The van der Waals surface area contributed by atoms with Gasteiger partial charge in [-0.05, 0) is 42.9 Å². The summed E-state index contributed by atoms with van der Waals surface area (Å²) in [6, 6.07) is 8.33. The lowest BCUT2D eigenvalue weighted by Crippen LogP contribution is -2.41. The third kappa shape index (κ3) is 4.12. The van der Waals surface area contributed by atoms with Crippen molar-refractivity contribution in [3.63, 3.8) is 0 Å². The van der Waals surface area contributed by atoms with Crippen molar-refractivity contribution in [2.75, 3.05) is 25.2 Å². The molecule has 2 N–H and O–H groups in total. The predicted molar refractivity (Wildman–Crippen MR) is 97.6 cm³/mol. The molecule has 1 aromatic heterocycles. The van der Waals surface area contributed by atoms with E-state index in [-0.39, 0.29) is 6.04 Å². The molecule has 0 amide bonds. The van der Waals surface area contributed by atoms with Crippen LogP contribution in [0.4, 0.5) is 0 Å². The Balaban J connectivity index is 1.70. The normalized spacial score (nSPS) is 21.8. The van der Waals surface area contributed by atoms with E-state index in [4.69, 9.17) is 4.74 Å². The summed E-state index contributed by atoms with van der Waals surface area (Å²) < 4.78 is 7.37. The first kappa shape index (κ1) is 17.3. The first-order chi connectivity index (χ1) is 11.6. The summed E-state index contributed by atoms with van der Waals surface area (Å²) in [5.74, 6) is 2.73. The number of thioether (sulfide) groups is 1. The van der Waals surface area contributed by atoms with Gasteiger partial charge in [-0.2, -0.15) is 16.9 Å². The molecule has 2 heterocycles. The first-order valence-corrected chi connectivity index (χ1v) is 9.43. The van der Waals surface area contributed by atoms with E-state index in [2.05, 4.69) is 29.5 Å². The van der Waals surface area contributed by atoms with Crippen LogP contribution in [-0.4, -0.2) is 45.6 Å². The molecule has 5 nitrogen and oxygen atoms in total. The third-order valence-electron chi connectivity index (χ3n) is 4.52. The number of benzene rings is 1. The van der Waals surface area contributed by atoms with Gasteiger partial charge < -0.3 is 15.2 Å². The molecule has 1 aliphatic heterocycles. The fraction of sp³-hybridized carbons (Fsp3) is 0.500. The Morgan fingerprint density at radius 2 is 2.38 bits per heavy atom. The second-order valence-corrected chi connectivity index (χ2v) is 7.51. The zero-order valence-electron chi connectivity index (χ0n) is 14.2. The fourth-order valence-corrected chi connectivity index (χ4v) is 4.25. The van der Waals surface area contributed by atoms with Crippen molar-refractivity contribution in [1.29, 1.82) is 0 Å². The molecule has 130 valence electrons. The largest absolute Gasteiger partial charge is 0.496 e. The molecule has 1 aliphatic rings. The number of aliphatic hydroxyl groups is 1. The van der Waals surface area contributed by atoms with Crippen LogP contribution >= 0.6 is 11.8 Å². The zero-order chi connectivity index (χ0) is 17.0. The molecule has 1 saturated heterocycles. The summed E-state index contributed by atoms with van der Waals surface area (Å²) in [7, 11) is 1.69. The Morgan fingerprint density at radius 3 is 3.04 bits per heavy atom. The van der Waals surface area contributed by atoms with Crippen LogP contribution in [0.5, 0.6) is 5.75 Å². The maximum atomic E-state index is 10.5. The lowest BCUT2D eigenvalue weighted by atomic mass is 10.0. The second kappa shape index (κ2) is 7.59. The van der Waals surface area contributed by atoms with E-state index in [1.807, 2.05) is 34.8 Å². The molecule has 2 atom stereocenters. The number of hydrogen-bond donors (Lipinski definition) is 2. The summed E-state index contributed by atoms with van der Waals surface area (Å²) in [5, 5.41) is 18.2. The number of aromatic nitrogens is 2. The average Bonchev–Trinajstić information content (AvgIpc) is 3.25. The monoisotopic (exact) mass is 347 g/mol. The van der Waals surface area contributed by atoms with E-state index < -0.39 is 5.60 Å². The highest BCUT2D eigenvalue weighted by molar-refractivity contribution is 7.99. The second-order valence-electron chi connectivity index (χ2n) is 6.40. The molecular formula is C18H25N3O2S. The van der Waals surface area contributed by atoms with Gasteiger partial charge in [0.2, 0.25) is 0 Å². The van der Waals surface area contributed by atoms with Crippen LogP contribution in [-0.2, 0) is 6.54 Å². The number of nitrogens with one attached hydrogen (secondary N) is 1. The highest BCUT2D eigenvalue weighted by Gasteiger charge is 2.31. The maximum Gasteiger partial charge on any atom is 0.123 e. The minimum absolute atomic E-state index is 0.168. The van der Waals surface area contributed by atoms with Gasteiger partial charge in [0.1, 0.15) is 5.75 Å². The quantitative estimate of drug-likeness (QED) is 0.806. The van der Waals surface area contributed by atoms with Crippen LogP contribution in [0.25, 0.3) is 0 Å². The standard InChI is InChI=1S/C18H25N3O2S/c1-14(19-12-18(22)6-9-24-13-18)15-4-5-17(23-2)16(10-15)11-21-8-3-7-20-21/h3-5,7-8,10,14,19,22H,6,9,11-13H2,1-2H3/t14-,18-/m0/s1. The van der Waals surface area contributed by atoms with Crippen LogP contribution in [0, 0.1) is 0 Å². The van der Waals surface area contributed by atoms with Gasteiger partial charge in [0, 0.05) is 36.3 Å². The van der Waals surface area contributed by atoms with Crippen molar-refractivity contribution in [2.45, 2.75) is 31.5 Å². The lowest BCUT2D eigenvalue weighted by molar-refractivity contribution is 0.0651. The van der Waals surface area contributed by atoms with Crippen molar-refractivity contribution >= 4 is 11.8 Å². The van der Waals surface area contributed by atoms with Gasteiger partial charge >= 0.3 is 0 Å². The minimum atomic E-state index is -0.566. The number of ether oxygens (including phenoxy) is 1. The summed E-state index contributed by atoms with van der Waals surface area (Å²) >= 11 is 1.82. The minimum Gasteiger partial charge on any atom is -0.496 e. The van der Waals surface area contributed by atoms with Crippen molar-refractivity contribution in [2.24, 2.45) is 0 Å². The Morgan fingerprint density at radius 1 is 1.50 bits per heavy atom. The summed E-state index contributed by atoms with van der Waals surface area (Å²) in [4.78, 5) is 0. The Hall–Kier alpha value is -1.50. The molecule has 0 aliphatic carbocycles. The Kier molecular flexibility index (Phi) is 5.48. The molecule has 3 rings (SSSR count). The van der Waals surface area contributed by atoms with Crippen LogP contribution in [0.2, 0.25) is 0 Å². The molecule has 1 fully saturated rings. The van der Waals surface area contributed by atoms with E-state index in [1.165, 1.54) is 5.56 Å². The highest BCUT2D eigenvalue weighted by atomic mass is 32.2. The molecule has 0 unspecified atom stereocenters. The van der Waals surface area contributed by atoms with Gasteiger partial charge in [0.25, 0.3) is 0 Å². The molecule has 0 saturated carbocycles. The number of hydrogen-bond acceptors (Lipinski definition) is 5. The van der Waals surface area contributed by atoms with Gasteiger partial charge in [-0.25, -0.2) is 0 Å². The smallest absolute Gasteiger partial charge is 0.123 e. The Bertz CT molecular complexity index is 654. The fourth-order valence-electron chi connectivity index (χ4n) is 2.96. The molecule has 0 bridgehead atoms. The van der Waals surface area contributed by atoms with Gasteiger partial charge in [-0.3, -0.25) is 4.68 Å². The molecule has 24 heavy (non-hydrogen) atoms. The van der Waals surface area contributed by atoms with Crippen molar-refractivity contribution in [1.82, 2.24) is 15.1 Å². The lowest BCUT2D eigenvalue weighted by Gasteiger charge is -2.25. The predicted octanol–water partition coefficient (Wildman–Crippen LogP) is 2.46. The topological polar surface area (TPSA) is 59.3 Å². The van der Waals surface area contributed by atoms with Crippen LogP contribution in [0.1, 0.15) is 30.5 Å². The number of methoxy groups -OCH3 is 1. The molecule has 6 heteroatoms. The van der Waals surface area contributed by atoms with E-state index >= 15 is 0 Å². The zero-order valence-corrected chi connectivity index (χ0v) is 15.1. The molecule has 0 radical (unpaired) electrons. The average molecular weight is 347 g/mol. The number of rotatable bonds is 7. The van der Waals surface area contributed by atoms with Crippen LogP contribution < -0.4 is 10.1 Å². The van der Waals surface area contributed by atoms with Gasteiger partial charge in [-0.1, -0.05) is 6.07 Å². The Labute approximate surface area is 147 Å². The SMILES string of the molecule is COc1ccc([C@H](C)NC[C@@]2(O)CCSC2)cc1Cn1cccn1. The number of nitrogens with zero attached hydrogens (tertiary/aromatic N) is 2. The summed E-state index contributed by atoms with van der Waals surface area (Å²) in [6.07, 6.45) is 4.59. The summed E-state index contributed by atoms with van der Waals surface area (Å²) in [5.41, 5.74) is 1.72. The molecule has 0 spiro atoms. The van der Waals surface area contributed by atoms with Crippen LogP contribution in [0.3, 0.4) is 0 Å². The maximum absolute atomic E-state index is 10.5. The van der Waals surface area contributed by atoms with Crippen molar-refractivity contribution in [3.8, 4) is 5.75 Å². The van der Waals surface area contributed by atoms with Crippen molar-refractivity contribution in [3.05, 3.63) is 47.8 Å². The van der Waals surface area contributed by atoms with E-state index in [9.17, 15) is 5.11 Å². The van der Waals surface area contributed by atoms with Gasteiger partial charge in [-0.15, -0.1) is 0 Å². The molecule has 2 aromatic rings. The van der Waals surface area contributed by atoms with E-state index in [0.29, 0.717) is 13.1 Å². The van der Waals surface area contributed by atoms with E-state index in [0.717, 1.165) is 29.2 Å². The first-order valence-electron chi connectivity index (χ1n) is 8.27. The van der Waals surface area contributed by atoms with Crippen molar-refractivity contribution < 1.29 is 9.84 Å². The summed E-state index contributed by atoms with van der Waals surface area (Å²) in [6.45, 7) is 3.43. The van der Waals surface area contributed by atoms with Gasteiger partial charge in [0.05, 0.1) is 19.3 Å².